The van der Waals surface area contributed by atoms with Gasteiger partial charge in [-0.15, -0.1) is 12.3 Å². The van der Waals surface area contributed by atoms with Gasteiger partial charge < -0.3 is 4.98 Å². The van der Waals surface area contributed by atoms with Crippen LogP contribution in [0.1, 0.15) is 78.1 Å². The molecule has 1 aromatic rings. The molecular formula is C27H37NO. The standard InChI is InChI=1S/C27H37NO/c1-5-8-23(24-13-17-28-20(24)4)12-14-27(15-16-27)25(9-6-2)26(29)11-10-22-18-21(7-3)19-22/h3,5,8,13,17,21-22,25,28H,4,6,9-12,14-16,18-19H2,1-2H3/b8-5-,24-23+. The maximum absolute atomic E-state index is 13.2. The van der Waals surface area contributed by atoms with Crippen LogP contribution in [0, 0.1) is 35.5 Å². The Hall–Kier alpha value is -2.01. The summed E-state index contributed by atoms with van der Waals surface area (Å²) in [5.74, 6) is 4.75. The monoisotopic (exact) mass is 391 g/mol. The minimum atomic E-state index is 0.235. The highest BCUT2D eigenvalue weighted by molar-refractivity contribution is 5.82. The molecule has 0 amide bonds. The second-order valence-corrected chi connectivity index (χ2v) is 9.30. The summed E-state index contributed by atoms with van der Waals surface area (Å²) in [5.41, 5.74) is 1.57. The minimum absolute atomic E-state index is 0.235. The molecule has 0 bridgehead atoms. The zero-order valence-electron chi connectivity index (χ0n) is 18.3. The lowest BCUT2D eigenvalue weighted by Gasteiger charge is -2.32. The fourth-order valence-electron chi connectivity index (χ4n) is 5.26. The zero-order valence-corrected chi connectivity index (χ0v) is 18.3. The first-order valence-electron chi connectivity index (χ1n) is 11.5. The number of carbonyl (C=O) groups is 1. The lowest BCUT2D eigenvalue weighted by Crippen LogP contribution is -2.28. The Kier molecular flexibility index (Phi) is 7.23. The molecule has 156 valence electrons. The van der Waals surface area contributed by atoms with Crippen LogP contribution in [0.15, 0.2) is 24.4 Å². The molecule has 1 atom stereocenters. The molecule has 0 spiro atoms. The van der Waals surface area contributed by atoms with Crippen molar-refractivity contribution < 1.29 is 4.79 Å². The third-order valence-electron chi connectivity index (χ3n) is 7.31. The van der Waals surface area contributed by atoms with Crippen molar-refractivity contribution in [2.75, 3.05) is 0 Å². The molecule has 0 saturated heterocycles. The van der Waals surface area contributed by atoms with Crippen LogP contribution in [0.25, 0.3) is 12.2 Å². The largest absolute Gasteiger partial charge is 0.362 e. The maximum atomic E-state index is 13.2. The summed E-state index contributed by atoms with van der Waals surface area (Å²) >= 11 is 0. The van der Waals surface area contributed by atoms with Crippen LogP contribution in [-0.2, 0) is 4.79 Å². The molecule has 0 radical (unpaired) electrons. The first-order chi connectivity index (χ1) is 14.0. The highest BCUT2D eigenvalue weighted by Gasteiger charge is 2.50. The van der Waals surface area contributed by atoms with Gasteiger partial charge in [0, 0.05) is 35.0 Å². The summed E-state index contributed by atoms with van der Waals surface area (Å²) in [4.78, 5) is 16.4. The fourth-order valence-corrected chi connectivity index (χ4v) is 5.26. The molecule has 1 heterocycles. The molecule has 2 saturated carbocycles. The lowest BCUT2D eigenvalue weighted by molar-refractivity contribution is -0.126. The van der Waals surface area contributed by atoms with Gasteiger partial charge in [-0.05, 0) is 81.3 Å². The van der Waals surface area contributed by atoms with Gasteiger partial charge in [-0.2, -0.15) is 0 Å². The SMILES string of the molecule is C#CC1CC(CCC(=O)C(CCC)C2(CCC(/C=C\C)=c3\cc[nH]c3=C)CC2)C1. The Labute approximate surface area is 176 Å². The van der Waals surface area contributed by atoms with E-state index in [1.165, 1.54) is 23.6 Å². The number of rotatable bonds is 11. The van der Waals surface area contributed by atoms with Gasteiger partial charge in [-0.3, -0.25) is 4.79 Å². The Morgan fingerprint density at radius 3 is 2.72 bits per heavy atom. The zero-order chi connectivity index (χ0) is 20.9. The van der Waals surface area contributed by atoms with Gasteiger partial charge in [0.2, 0.25) is 0 Å². The second kappa shape index (κ2) is 9.66. The van der Waals surface area contributed by atoms with Gasteiger partial charge in [-0.25, -0.2) is 0 Å². The number of aromatic nitrogens is 1. The maximum Gasteiger partial charge on any atom is 0.136 e. The number of carbonyl (C=O) groups excluding carboxylic acids is 1. The number of H-pyrrole nitrogens is 1. The molecule has 2 aliphatic carbocycles. The Morgan fingerprint density at radius 1 is 1.41 bits per heavy atom. The molecule has 2 nitrogen and oxygen atoms in total. The van der Waals surface area contributed by atoms with Crippen LogP contribution < -0.4 is 10.6 Å². The lowest BCUT2D eigenvalue weighted by atomic mass is 9.71. The third-order valence-corrected chi connectivity index (χ3v) is 7.31. The minimum Gasteiger partial charge on any atom is -0.362 e. The summed E-state index contributed by atoms with van der Waals surface area (Å²) in [6, 6.07) is 2.12. The molecule has 1 aromatic heterocycles. The van der Waals surface area contributed by atoms with E-state index in [2.05, 4.69) is 49.5 Å². The van der Waals surface area contributed by atoms with Gasteiger partial charge in [0.15, 0.2) is 0 Å². The van der Waals surface area contributed by atoms with Crippen LogP contribution in [0.5, 0.6) is 0 Å². The van der Waals surface area contributed by atoms with Crippen molar-refractivity contribution in [2.24, 2.45) is 23.2 Å². The normalized spacial score (nSPS) is 24.6. The Balaban J connectivity index is 1.64. The van der Waals surface area contributed by atoms with E-state index in [-0.39, 0.29) is 11.3 Å². The van der Waals surface area contributed by atoms with Crippen LogP contribution in [0.3, 0.4) is 0 Å². The molecule has 0 aliphatic heterocycles. The highest BCUT2D eigenvalue weighted by atomic mass is 16.1. The van der Waals surface area contributed by atoms with E-state index in [9.17, 15) is 4.79 Å². The first-order valence-corrected chi connectivity index (χ1v) is 11.5. The molecule has 3 rings (SSSR count). The number of allylic oxidation sites excluding steroid dienone is 2. The first kappa shape index (κ1) is 21.7. The number of terminal acetylenes is 1. The summed E-state index contributed by atoms with van der Waals surface area (Å²) in [5, 5.41) is 2.19. The van der Waals surface area contributed by atoms with Gasteiger partial charge in [0.05, 0.1) is 0 Å². The topological polar surface area (TPSA) is 32.9 Å². The van der Waals surface area contributed by atoms with Crippen LogP contribution in [0.2, 0.25) is 0 Å². The molecule has 2 heteroatoms. The summed E-state index contributed by atoms with van der Waals surface area (Å²) in [6.45, 7) is 8.41. The van der Waals surface area contributed by atoms with E-state index in [0.29, 0.717) is 17.6 Å². The van der Waals surface area contributed by atoms with Crippen LogP contribution in [-0.4, -0.2) is 10.8 Å². The number of hydrogen-bond donors (Lipinski definition) is 1. The summed E-state index contributed by atoms with van der Waals surface area (Å²) < 4.78 is 0. The summed E-state index contributed by atoms with van der Waals surface area (Å²) in [7, 11) is 0. The van der Waals surface area contributed by atoms with Gasteiger partial charge in [0.1, 0.15) is 5.78 Å². The van der Waals surface area contributed by atoms with Gasteiger partial charge in [-0.1, -0.05) is 32.1 Å². The van der Waals surface area contributed by atoms with E-state index < -0.39 is 0 Å². The number of Topliss-reactive ketones (excluding diaryl/α,β-unsaturated/α-hetero) is 1. The number of aromatic amines is 1. The quantitative estimate of drug-likeness (QED) is 0.521. The van der Waals surface area contributed by atoms with E-state index in [0.717, 1.165) is 56.7 Å². The fraction of sp³-hybridized carbons (Fsp3) is 0.593. The molecule has 2 aliphatic rings. The van der Waals surface area contributed by atoms with Gasteiger partial charge in [0.25, 0.3) is 0 Å². The van der Waals surface area contributed by atoms with Crippen molar-refractivity contribution in [3.8, 4) is 12.3 Å². The van der Waals surface area contributed by atoms with E-state index >= 15 is 0 Å². The van der Waals surface area contributed by atoms with E-state index in [1.807, 2.05) is 6.20 Å². The van der Waals surface area contributed by atoms with Crippen molar-refractivity contribution in [1.82, 2.24) is 4.98 Å². The predicted molar refractivity (Wildman–Crippen MR) is 122 cm³/mol. The molecule has 2 fully saturated rings. The molecule has 29 heavy (non-hydrogen) atoms. The molecule has 1 unspecified atom stereocenters. The van der Waals surface area contributed by atoms with Crippen molar-refractivity contribution in [3.05, 3.63) is 35.0 Å². The Morgan fingerprint density at radius 2 is 2.17 bits per heavy atom. The van der Waals surface area contributed by atoms with E-state index in [4.69, 9.17) is 6.42 Å². The third kappa shape index (κ3) is 5.13. The average Bonchev–Trinajstić information content (AvgIpc) is 3.34. The predicted octanol–water partition coefficient (Wildman–Crippen LogP) is 5.14. The highest BCUT2D eigenvalue weighted by Crippen LogP contribution is 2.58. The molecule has 1 N–H and O–H groups in total. The molecular weight excluding hydrogens is 354 g/mol. The van der Waals surface area contributed by atoms with E-state index in [1.54, 1.807) is 0 Å². The Bertz CT molecular complexity index is 870. The summed E-state index contributed by atoms with van der Waals surface area (Å²) in [6.07, 6.45) is 22.5. The number of nitrogens with one attached hydrogen (secondary N) is 1. The smallest absolute Gasteiger partial charge is 0.136 e. The number of hydrogen-bond acceptors (Lipinski definition) is 1. The van der Waals surface area contributed by atoms with Crippen molar-refractivity contribution in [2.45, 2.75) is 78.1 Å². The van der Waals surface area contributed by atoms with Crippen molar-refractivity contribution in [3.63, 3.8) is 0 Å². The number of ketones is 1. The molecule has 0 aromatic carbocycles. The van der Waals surface area contributed by atoms with Crippen LogP contribution >= 0.6 is 0 Å². The van der Waals surface area contributed by atoms with Gasteiger partial charge >= 0.3 is 0 Å². The average molecular weight is 392 g/mol. The van der Waals surface area contributed by atoms with Crippen LogP contribution in [0.4, 0.5) is 0 Å². The van der Waals surface area contributed by atoms with Crippen molar-refractivity contribution >= 4 is 17.9 Å². The van der Waals surface area contributed by atoms with Crippen molar-refractivity contribution in [1.29, 1.82) is 0 Å². The second-order valence-electron chi connectivity index (χ2n) is 9.30.